The van der Waals surface area contributed by atoms with Gasteiger partial charge in [0.05, 0.1) is 6.54 Å². The zero-order valence-electron chi connectivity index (χ0n) is 17.4. The van der Waals surface area contributed by atoms with Crippen molar-refractivity contribution in [2.75, 3.05) is 11.9 Å². The van der Waals surface area contributed by atoms with Crippen molar-refractivity contribution in [3.8, 4) is 5.75 Å². The van der Waals surface area contributed by atoms with Gasteiger partial charge in [-0.3, -0.25) is 13.9 Å². The average Bonchev–Trinajstić information content (AvgIpc) is 3.08. The first-order valence-electron chi connectivity index (χ1n) is 9.72. The molecule has 0 spiro atoms. The van der Waals surface area contributed by atoms with E-state index in [-0.39, 0.29) is 30.4 Å². The SMILES string of the molecule is CC[C@@H](C)Nc1nc2c(c(=O)n(C)c(=O)n2C)n1C[C@@H](O)COc1ccc(Cl)cc1. The Hall–Kier alpha value is -2.78. The topological polar surface area (TPSA) is 103 Å². The summed E-state index contributed by atoms with van der Waals surface area (Å²) >= 11 is 5.87. The zero-order valence-corrected chi connectivity index (χ0v) is 18.2. The van der Waals surface area contributed by atoms with E-state index in [0.717, 1.165) is 11.0 Å². The van der Waals surface area contributed by atoms with Crippen LogP contribution < -0.4 is 21.3 Å². The molecule has 2 N–H and O–H groups in total. The lowest BCUT2D eigenvalue weighted by molar-refractivity contribution is 0.0938. The average molecular weight is 436 g/mol. The number of aliphatic hydroxyl groups is 1. The molecule has 1 aromatic carbocycles. The van der Waals surface area contributed by atoms with E-state index in [4.69, 9.17) is 16.3 Å². The molecule has 0 bridgehead atoms. The molecule has 0 saturated heterocycles. The number of ether oxygens (including phenoxy) is 1. The number of halogens is 1. The monoisotopic (exact) mass is 435 g/mol. The molecule has 2 atom stereocenters. The van der Waals surface area contributed by atoms with Gasteiger partial charge in [-0.1, -0.05) is 18.5 Å². The fraction of sp³-hybridized carbons (Fsp3) is 0.450. The van der Waals surface area contributed by atoms with Crippen LogP contribution in [0.1, 0.15) is 20.3 Å². The van der Waals surface area contributed by atoms with Crippen molar-refractivity contribution in [1.82, 2.24) is 18.7 Å². The van der Waals surface area contributed by atoms with Crippen LogP contribution >= 0.6 is 11.6 Å². The number of nitrogens with zero attached hydrogens (tertiary/aromatic N) is 4. The van der Waals surface area contributed by atoms with Gasteiger partial charge in [0.15, 0.2) is 11.2 Å². The maximum Gasteiger partial charge on any atom is 0.332 e. The summed E-state index contributed by atoms with van der Waals surface area (Å²) < 4.78 is 9.59. The van der Waals surface area contributed by atoms with Gasteiger partial charge in [-0.2, -0.15) is 4.98 Å². The Bertz CT molecular complexity index is 1150. The van der Waals surface area contributed by atoms with Crippen LogP contribution in [0.4, 0.5) is 5.95 Å². The molecular formula is C20H26ClN5O4. The quantitative estimate of drug-likeness (QED) is 0.558. The number of rotatable bonds is 8. The Morgan fingerprint density at radius 3 is 2.50 bits per heavy atom. The minimum absolute atomic E-state index is 0.0101. The van der Waals surface area contributed by atoms with E-state index in [1.54, 1.807) is 35.9 Å². The maximum absolute atomic E-state index is 12.8. The summed E-state index contributed by atoms with van der Waals surface area (Å²) in [5, 5.41) is 14.4. The molecule has 162 valence electrons. The van der Waals surface area contributed by atoms with Gasteiger partial charge in [0.2, 0.25) is 5.95 Å². The number of nitrogens with one attached hydrogen (secondary N) is 1. The van der Waals surface area contributed by atoms with Gasteiger partial charge in [-0.25, -0.2) is 4.79 Å². The second-order valence-corrected chi connectivity index (χ2v) is 7.73. The fourth-order valence-electron chi connectivity index (χ4n) is 3.04. The highest BCUT2D eigenvalue weighted by molar-refractivity contribution is 6.30. The summed E-state index contributed by atoms with van der Waals surface area (Å²) in [5.74, 6) is 0.994. The number of benzene rings is 1. The number of hydrogen-bond acceptors (Lipinski definition) is 6. The number of aromatic nitrogens is 4. The molecule has 10 heteroatoms. The molecule has 0 radical (unpaired) electrons. The van der Waals surface area contributed by atoms with Crippen LogP contribution in [0.2, 0.25) is 5.02 Å². The fourth-order valence-corrected chi connectivity index (χ4v) is 3.17. The molecule has 0 aliphatic heterocycles. The largest absolute Gasteiger partial charge is 0.491 e. The molecule has 3 rings (SSSR count). The van der Waals surface area contributed by atoms with E-state index in [1.165, 1.54) is 11.6 Å². The number of aryl methyl sites for hydroxylation is 1. The normalized spacial score (nSPS) is 13.4. The summed E-state index contributed by atoms with van der Waals surface area (Å²) in [7, 11) is 2.98. The van der Waals surface area contributed by atoms with Crippen molar-refractivity contribution in [2.24, 2.45) is 14.1 Å². The molecule has 9 nitrogen and oxygen atoms in total. The molecule has 2 heterocycles. The van der Waals surface area contributed by atoms with Crippen molar-refractivity contribution in [1.29, 1.82) is 0 Å². The Kier molecular flexibility index (Phi) is 6.52. The third-order valence-electron chi connectivity index (χ3n) is 4.99. The summed E-state index contributed by atoms with van der Waals surface area (Å²) in [5.41, 5.74) is -0.418. The molecule has 0 aliphatic carbocycles. The highest BCUT2D eigenvalue weighted by atomic mass is 35.5. The summed E-state index contributed by atoms with van der Waals surface area (Å²) in [6, 6.07) is 6.91. The van der Waals surface area contributed by atoms with Crippen molar-refractivity contribution >= 4 is 28.7 Å². The Morgan fingerprint density at radius 2 is 1.87 bits per heavy atom. The minimum Gasteiger partial charge on any atom is -0.491 e. The summed E-state index contributed by atoms with van der Waals surface area (Å²) in [6.45, 7) is 4.08. The highest BCUT2D eigenvalue weighted by Gasteiger charge is 2.22. The van der Waals surface area contributed by atoms with Crippen LogP contribution in [0.5, 0.6) is 5.75 Å². The summed E-state index contributed by atoms with van der Waals surface area (Å²) in [6.07, 6.45) is -0.0833. The van der Waals surface area contributed by atoms with E-state index < -0.39 is 17.4 Å². The third-order valence-corrected chi connectivity index (χ3v) is 5.24. The lowest BCUT2D eigenvalue weighted by Crippen LogP contribution is -2.38. The van der Waals surface area contributed by atoms with E-state index >= 15 is 0 Å². The van der Waals surface area contributed by atoms with Crippen molar-refractivity contribution < 1.29 is 9.84 Å². The first-order chi connectivity index (χ1) is 14.2. The second kappa shape index (κ2) is 8.93. The van der Waals surface area contributed by atoms with E-state index in [2.05, 4.69) is 10.3 Å². The second-order valence-electron chi connectivity index (χ2n) is 7.30. The number of imidazole rings is 1. The molecule has 0 aliphatic rings. The van der Waals surface area contributed by atoms with Crippen molar-refractivity contribution in [2.45, 2.75) is 39.0 Å². The van der Waals surface area contributed by atoms with Gasteiger partial charge in [-0.15, -0.1) is 0 Å². The van der Waals surface area contributed by atoms with Crippen LogP contribution in [-0.4, -0.2) is 42.5 Å². The van der Waals surface area contributed by atoms with Gasteiger partial charge >= 0.3 is 5.69 Å². The number of fused-ring (bicyclic) bond motifs is 1. The van der Waals surface area contributed by atoms with Crippen LogP contribution in [0.15, 0.2) is 33.9 Å². The predicted molar refractivity (Wildman–Crippen MR) is 117 cm³/mol. The van der Waals surface area contributed by atoms with Gasteiger partial charge in [0, 0.05) is 25.2 Å². The molecule has 0 unspecified atom stereocenters. The minimum atomic E-state index is -0.919. The standard InChI is InChI=1S/C20H26ClN5O4/c1-5-12(2)22-19-23-17-16(18(28)25(4)20(29)24(17)3)26(19)10-14(27)11-30-15-8-6-13(21)7-9-15/h6-9,12,14,27H,5,10-11H2,1-4H3,(H,22,23)/t12-,14-/m1/s1. The van der Waals surface area contributed by atoms with E-state index in [1.807, 2.05) is 13.8 Å². The Morgan fingerprint density at radius 1 is 1.20 bits per heavy atom. The van der Waals surface area contributed by atoms with Crippen molar-refractivity contribution in [3.05, 3.63) is 50.1 Å². The molecule has 3 aromatic rings. The van der Waals surface area contributed by atoms with Gasteiger partial charge in [-0.05, 0) is 37.6 Å². The number of hydrogen-bond donors (Lipinski definition) is 2. The van der Waals surface area contributed by atoms with Crippen LogP contribution in [-0.2, 0) is 20.6 Å². The Balaban J connectivity index is 1.95. The Labute approximate surface area is 178 Å². The van der Waals surface area contributed by atoms with Gasteiger partial charge in [0.1, 0.15) is 18.5 Å². The molecular weight excluding hydrogens is 410 g/mol. The zero-order chi connectivity index (χ0) is 22.0. The maximum atomic E-state index is 12.8. The molecule has 2 aromatic heterocycles. The number of anilines is 1. The number of aliphatic hydroxyl groups excluding tert-OH is 1. The van der Waals surface area contributed by atoms with E-state index in [0.29, 0.717) is 16.7 Å². The molecule has 30 heavy (non-hydrogen) atoms. The van der Waals surface area contributed by atoms with Gasteiger partial charge in [0.25, 0.3) is 5.56 Å². The molecule has 0 saturated carbocycles. The van der Waals surface area contributed by atoms with Gasteiger partial charge < -0.3 is 19.7 Å². The highest BCUT2D eigenvalue weighted by Crippen LogP contribution is 2.19. The molecule has 0 amide bonds. The van der Waals surface area contributed by atoms with Crippen LogP contribution in [0.25, 0.3) is 11.2 Å². The summed E-state index contributed by atoms with van der Waals surface area (Å²) in [4.78, 5) is 29.6. The lowest BCUT2D eigenvalue weighted by Gasteiger charge is -2.18. The third kappa shape index (κ3) is 4.36. The first-order valence-corrected chi connectivity index (χ1v) is 10.1. The lowest BCUT2D eigenvalue weighted by atomic mass is 10.3. The first kappa shape index (κ1) is 21.9. The van der Waals surface area contributed by atoms with Crippen LogP contribution in [0, 0.1) is 0 Å². The smallest absolute Gasteiger partial charge is 0.332 e. The molecule has 0 fully saturated rings. The predicted octanol–water partition coefficient (Wildman–Crippen LogP) is 1.74. The van der Waals surface area contributed by atoms with Crippen molar-refractivity contribution in [3.63, 3.8) is 0 Å². The van der Waals surface area contributed by atoms with Crippen LogP contribution in [0.3, 0.4) is 0 Å². The van der Waals surface area contributed by atoms with E-state index in [9.17, 15) is 14.7 Å².